The molecular weight excluding hydrogens is 228 g/mol. The summed E-state index contributed by atoms with van der Waals surface area (Å²) < 4.78 is 0. The van der Waals surface area contributed by atoms with Crippen molar-refractivity contribution >= 4 is 5.97 Å². The van der Waals surface area contributed by atoms with Gasteiger partial charge in [-0.25, -0.2) is 0 Å². The van der Waals surface area contributed by atoms with Gasteiger partial charge in [-0.2, -0.15) is 0 Å². The minimum atomic E-state index is -0.655. The molecule has 0 aromatic rings. The van der Waals surface area contributed by atoms with Gasteiger partial charge in [0.15, 0.2) is 0 Å². The molecule has 2 aliphatic rings. The summed E-state index contributed by atoms with van der Waals surface area (Å²) in [5.41, 5.74) is 0. The molecular formula is C14H26N2O2. The average molecular weight is 254 g/mol. The van der Waals surface area contributed by atoms with E-state index in [4.69, 9.17) is 0 Å². The molecule has 0 aromatic carbocycles. The molecule has 2 heterocycles. The third-order valence-electron chi connectivity index (χ3n) is 4.74. The lowest BCUT2D eigenvalue weighted by Gasteiger charge is -2.39. The standard InChI is InChI=1S/C14H26N2O2/c1-2-13(14(17)18)16-9-5-12(6-10-16)11-3-7-15-8-4-11/h11-13,15H,2-10H2,1H3,(H,17,18). The molecule has 2 fully saturated rings. The van der Waals surface area contributed by atoms with Gasteiger partial charge in [0.2, 0.25) is 0 Å². The fourth-order valence-electron chi connectivity index (χ4n) is 3.61. The van der Waals surface area contributed by atoms with Crippen molar-refractivity contribution in [2.45, 2.75) is 45.1 Å². The van der Waals surface area contributed by atoms with E-state index in [1.165, 1.54) is 25.7 Å². The summed E-state index contributed by atoms with van der Waals surface area (Å²) in [4.78, 5) is 13.3. The Labute approximate surface area is 110 Å². The second-order valence-electron chi connectivity index (χ2n) is 5.72. The van der Waals surface area contributed by atoms with Gasteiger partial charge in [-0.1, -0.05) is 6.92 Å². The zero-order valence-electron chi connectivity index (χ0n) is 11.4. The van der Waals surface area contributed by atoms with Crippen LogP contribution in [0.1, 0.15) is 39.0 Å². The predicted octanol–water partition coefficient (Wildman–Crippen LogP) is 1.56. The number of aliphatic carboxylic acids is 1. The highest BCUT2D eigenvalue weighted by atomic mass is 16.4. The van der Waals surface area contributed by atoms with Crippen LogP contribution < -0.4 is 5.32 Å². The van der Waals surface area contributed by atoms with E-state index >= 15 is 0 Å². The van der Waals surface area contributed by atoms with Gasteiger partial charge < -0.3 is 10.4 Å². The van der Waals surface area contributed by atoms with E-state index in [2.05, 4.69) is 10.2 Å². The first kappa shape index (κ1) is 13.8. The summed E-state index contributed by atoms with van der Waals surface area (Å²) in [6.07, 6.45) is 5.71. The minimum Gasteiger partial charge on any atom is -0.480 e. The van der Waals surface area contributed by atoms with Crippen LogP contribution in [0.3, 0.4) is 0 Å². The van der Waals surface area contributed by atoms with Gasteiger partial charge in [-0.15, -0.1) is 0 Å². The molecule has 4 heteroatoms. The lowest BCUT2D eigenvalue weighted by atomic mass is 9.79. The summed E-state index contributed by atoms with van der Waals surface area (Å²) in [7, 11) is 0. The highest BCUT2D eigenvalue weighted by Crippen LogP contribution is 2.31. The summed E-state index contributed by atoms with van der Waals surface area (Å²) in [6, 6.07) is -0.265. The molecule has 2 aliphatic heterocycles. The Kier molecular flexibility index (Phi) is 5.01. The first-order chi connectivity index (χ1) is 8.72. The number of hydrogen-bond donors (Lipinski definition) is 2. The van der Waals surface area contributed by atoms with E-state index < -0.39 is 5.97 Å². The number of nitrogens with zero attached hydrogens (tertiary/aromatic N) is 1. The molecule has 104 valence electrons. The molecule has 0 saturated carbocycles. The molecule has 2 rings (SSSR count). The van der Waals surface area contributed by atoms with Crippen molar-refractivity contribution in [2.75, 3.05) is 26.2 Å². The van der Waals surface area contributed by atoms with Gasteiger partial charge in [0.05, 0.1) is 0 Å². The zero-order chi connectivity index (χ0) is 13.0. The quantitative estimate of drug-likeness (QED) is 0.799. The lowest BCUT2D eigenvalue weighted by Crippen LogP contribution is -2.46. The van der Waals surface area contributed by atoms with Crippen LogP contribution in [-0.2, 0) is 4.79 Å². The summed E-state index contributed by atoms with van der Waals surface area (Å²) >= 11 is 0. The molecule has 0 spiro atoms. The van der Waals surface area contributed by atoms with Crippen molar-refractivity contribution in [2.24, 2.45) is 11.8 Å². The number of carboxylic acids is 1. The normalized spacial score (nSPS) is 26.1. The molecule has 1 unspecified atom stereocenters. The topological polar surface area (TPSA) is 52.6 Å². The molecule has 2 saturated heterocycles. The minimum absolute atomic E-state index is 0.265. The van der Waals surface area contributed by atoms with Gasteiger partial charge in [-0.05, 0) is 70.1 Å². The monoisotopic (exact) mass is 254 g/mol. The van der Waals surface area contributed by atoms with E-state index in [1.54, 1.807) is 0 Å². The molecule has 0 amide bonds. The molecule has 18 heavy (non-hydrogen) atoms. The van der Waals surface area contributed by atoms with Crippen molar-refractivity contribution in [3.8, 4) is 0 Å². The predicted molar refractivity (Wildman–Crippen MR) is 71.6 cm³/mol. The molecule has 4 nitrogen and oxygen atoms in total. The van der Waals surface area contributed by atoms with Crippen LogP contribution in [-0.4, -0.2) is 48.2 Å². The summed E-state index contributed by atoms with van der Waals surface area (Å²) in [5, 5.41) is 12.6. The average Bonchev–Trinajstić information content (AvgIpc) is 2.41. The van der Waals surface area contributed by atoms with Crippen LogP contribution in [0.2, 0.25) is 0 Å². The highest BCUT2D eigenvalue weighted by Gasteiger charge is 2.31. The number of carboxylic acid groups (broad SMARTS) is 1. The third-order valence-corrected chi connectivity index (χ3v) is 4.74. The van der Waals surface area contributed by atoms with E-state index in [9.17, 15) is 9.90 Å². The van der Waals surface area contributed by atoms with Crippen LogP contribution in [0, 0.1) is 11.8 Å². The Hall–Kier alpha value is -0.610. The Morgan fingerprint density at radius 1 is 1.22 bits per heavy atom. The van der Waals surface area contributed by atoms with E-state index in [0.29, 0.717) is 6.42 Å². The maximum atomic E-state index is 11.2. The van der Waals surface area contributed by atoms with Gasteiger partial charge >= 0.3 is 5.97 Å². The van der Waals surface area contributed by atoms with Gasteiger partial charge in [-0.3, -0.25) is 9.69 Å². The summed E-state index contributed by atoms with van der Waals surface area (Å²) in [6.45, 7) is 6.24. The molecule has 0 radical (unpaired) electrons. The van der Waals surface area contributed by atoms with Crippen molar-refractivity contribution in [3.05, 3.63) is 0 Å². The number of piperidine rings is 2. The molecule has 0 bridgehead atoms. The van der Waals surface area contributed by atoms with Gasteiger partial charge in [0.1, 0.15) is 6.04 Å². The van der Waals surface area contributed by atoms with Crippen LogP contribution in [0.4, 0.5) is 0 Å². The third kappa shape index (κ3) is 3.23. The van der Waals surface area contributed by atoms with Crippen LogP contribution in [0.5, 0.6) is 0 Å². The molecule has 0 aromatic heterocycles. The molecule has 0 aliphatic carbocycles. The summed E-state index contributed by atoms with van der Waals surface area (Å²) in [5.74, 6) is 1.05. The number of nitrogens with one attached hydrogen (secondary N) is 1. The number of carbonyl (C=O) groups is 1. The van der Waals surface area contributed by atoms with Gasteiger partial charge in [0, 0.05) is 0 Å². The molecule has 1 atom stereocenters. The smallest absolute Gasteiger partial charge is 0.320 e. The Bertz CT molecular complexity index is 269. The van der Waals surface area contributed by atoms with E-state index in [-0.39, 0.29) is 6.04 Å². The van der Waals surface area contributed by atoms with Crippen molar-refractivity contribution in [1.29, 1.82) is 0 Å². The Morgan fingerprint density at radius 2 is 1.78 bits per heavy atom. The second-order valence-corrected chi connectivity index (χ2v) is 5.72. The second kappa shape index (κ2) is 6.53. The number of rotatable bonds is 4. The zero-order valence-corrected chi connectivity index (χ0v) is 11.4. The fourth-order valence-corrected chi connectivity index (χ4v) is 3.61. The maximum Gasteiger partial charge on any atom is 0.320 e. The van der Waals surface area contributed by atoms with Gasteiger partial charge in [0.25, 0.3) is 0 Å². The maximum absolute atomic E-state index is 11.2. The van der Waals surface area contributed by atoms with Crippen LogP contribution in [0.25, 0.3) is 0 Å². The first-order valence-electron chi connectivity index (χ1n) is 7.40. The lowest BCUT2D eigenvalue weighted by molar-refractivity contribution is -0.144. The first-order valence-corrected chi connectivity index (χ1v) is 7.40. The Balaban J connectivity index is 1.81. The van der Waals surface area contributed by atoms with Crippen molar-refractivity contribution < 1.29 is 9.90 Å². The molecule has 2 N–H and O–H groups in total. The van der Waals surface area contributed by atoms with E-state index in [0.717, 1.165) is 38.0 Å². The van der Waals surface area contributed by atoms with Crippen LogP contribution in [0.15, 0.2) is 0 Å². The SMILES string of the molecule is CCC(C(=O)O)N1CCC(C2CCNCC2)CC1. The van der Waals surface area contributed by atoms with Crippen molar-refractivity contribution in [3.63, 3.8) is 0 Å². The van der Waals surface area contributed by atoms with Crippen LogP contribution >= 0.6 is 0 Å². The number of hydrogen-bond acceptors (Lipinski definition) is 3. The fraction of sp³-hybridized carbons (Fsp3) is 0.929. The van der Waals surface area contributed by atoms with Crippen molar-refractivity contribution in [1.82, 2.24) is 10.2 Å². The largest absolute Gasteiger partial charge is 0.480 e. The number of likely N-dealkylation sites (tertiary alicyclic amines) is 1. The highest BCUT2D eigenvalue weighted by molar-refractivity contribution is 5.73. The van der Waals surface area contributed by atoms with E-state index in [1.807, 2.05) is 6.92 Å². The Morgan fingerprint density at radius 3 is 2.28 bits per heavy atom.